The third kappa shape index (κ3) is 4.41. The molecule has 3 heteroatoms. The Hall–Kier alpha value is 0.140. The zero-order valence-corrected chi connectivity index (χ0v) is 17.1. The molecule has 0 amide bonds. The minimum atomic E-state index is -0.617. The van der Waals surface area contributed by atoms with Gasteiger partial charge in [0.25, 0.3) is 0 Å². The summed E-state index contributed by atoms with van der Waals surface area (Å²) in [5, 5.41) is 21.0. The van der Waals surface area contributed by atoms with Crippen LogP contribution in [0, 0.1) is 23.2 Å². The number of alkyl halides is 1. The highest BCUT2D eigenvalue weighted by Gasteiger charge is 2.49. The van der Waals surface area contributed by atoms with Crippen LogP contribution in [0.25, 0.3) is 0 Å². The molecular formula is C20H35BrO2. The fourth-order valence-corrected chi connectivity index (χ4v) is 5.30. The van der Waals surface area contributed by atoms with Gasteiger partial charge in [0.15, 0.2) is 0 Å². The predicted molar refractivity (Wildman–Crippen MR) is 101 cm³/mol. The summed E-state index contributed by atoms with van der Waals surface area (Å²) in [6.07, 6.45) is 10.3. The summed E-state index contributed by atoms with van der Waals surface area (Å²) in [5.74, 6) is 1.49. The molecule has 1 saturated carbocycles. The smallest absolute Gasteiger partial charge is 0.0800 e. The van der Waals surface area contributed by atoms with Gasteiger partial charge in [-0.2, -0.15) is 0 Å². The molecule has 1 fully saturated rings. The van der Waals surface area contributed by atoms with E-state index in [2.05, 4.69) is 42.8 Å². The van der Waals surface area contributed by atoms with Crippen molar-refractivity contribution in [3.05, 3.63) is 12.2 Å². The summed E-state index contributed by atoms with van der Waals surface area (Å²) in [4.78, 5) is 0.486. The van der Waals surface area contributed by atoms with Crippen molar-refractivity contribution in [2.24, 2.45) is 23.2 Å². The third-order valence-corrected chi connectivity index (χ3v) is 8.33. The highest BCUT2D eigenvalue weighted by atomic mass is 79.9. The van der Waals surface area contributed by atoms with Crippen LogP contribution in [-0.2, 0) is 0 Å². The van der Waals surface area contributed by atoms with Gasteiger partial charge in [-0.1, -0.05) is 48.9 Å². The first-order valence-corrected chi connectivity index (χ1v) is 10.2. The summed E-state index contributed by atoms with van der Waals surface area (Å²) >= 11 is 3.85. The average Bonchev–Trinajstić information content (AvgIpc) is 2.42. The van der Waals surface area contributed by atoms with Crippen molar-refractivity contribution >= 4 is 15.9 Å². The Bertz CT molecular complexity index is 439. The van der Waals surface area contributed by atoms with Gasteiger partial charge in [-0.3, -0.25) is 0 Å². The number of halogens is 1. The normalized spacial score (nSPS) is 45.0. The minimum absolute atomic E-state index is 0.119. The van der Waals surface area contributed by atoms with Crippen molar-refractivity contribution in [1.82, 2.24) is 0 Å². The number of rotatable bonds is 4. The van der Waals surface area contributed by atoms with Gasteiger partial charge in [0.1, 0.15) is 0 Å². The van der Waals surface area contributed by atoms with E-state index >= 15 is 0 Å². The molecule has 2 N–H and O–H groups in total. The molecule has 2 rings (SSSR count). The van der Waals surface area contributed by atoms with E-state index in [0.717, 1.165) is 38.5 Å². The second kappa shape index (κ2) is 6.80. The summed E-state index contributed by atoms with van der Waals surface area (Å²) in [6, 6.07) is 0. The van der Waals surface area contributed by atoms with Crippen molar-refractivity contribution in [2.45, 2.75) is 89.2 Å². The molecule has 0 saturated heterocycles. The zero-order chi connectivity index (χ0) is 17.5. The Kier molecular flexibility index (Phi) is 5.76. The molecule has 0 aromatic carbocycles. The molecule has 0 spiro atoms. The topological polar surface area (TPSA) is 40.5 Å². The lowest BCUT2D eigenvalue weighted by molar-refractivity contribution is -0.0901. The van der Waals surface area contributed by atoms with E-state index in [1.807, 2.05) is 19.9 Å². The van der Waals surface area contributed by atoms with Crippen molar-refractivity contribution in [3.63, 3.8) is 0 Å². The maximum absolute atomic E-state index is 10.9. The largest absolute Gasteiger partial charge is 0.390 e. The van der Waals surface area contributed by atoms with E-state index in [-0.39, 0.29) is 5.41 Å². The van der Waals surface area contributed by atoms with E-state index < -0.39 is 11.2 Å². The molecule has 0 radical (unpaired) electrons. The van der Waals surface area contributed by atoms with Crippen LogP contribution in [0.15, 0.2) is 12.2 Å². The number of aliphatic hydroxyl groups is 2. The van der Waals surface area contributed by atoms with Gasteiger partial charge in [0, 0.05) is 4.83 Å². The molecular weight excluding hydrogens is 352 g/mol. The Morgan fingerprint density at radius 2 is 1.78 bits per heavy atom. The van der Waals surface area contributed by atoms with Crippen molar-refractivity contribution in [2.75, 3.05) is 0 Å². The van der Waals surface area contributed by atoms with Crippen molar-refractivity contribution < 1.29 is 10.2 Å². The van der Waals surface area contributed by atoms with Crippen LogP contribution in [0.2, 0.25) is 0 Å². The maximum atomic E-state index is 10.9. The van der Waals surface area contributed by atoms with Gasteiger partial charge in [-0.05, 0) is 75.5 Å². The first-order valence-electron chi connectivity index (χ1n) is 9.24. The van der Waals surface area contributed by atoms with Crippen LogP contribution >= 0.6 is 15.9 Å². The van der Waals surface area contributed by atoms with Crippen LogP contribution in [0.1, 0.15) is 73.1 Å². The van der Waals surface area contributed by atoms with E-state index in [1.165, 1.54) is 0 Å². The summed E-state index contributed by atoms with van der Waals surface area (Å²) < 4.78 is 0. The zero-order valence-electron chi connectivity index (χ0n) is 15.5. The Balaban J connectivity index is 1.98. The summed E-state index contributed by atoms with van der Waals surface area (Å²) in [5.41, 5.74) is -1.05. The van der Waals surface area contributed by atoms with Gasteiger partial charge >= 0.3 is 0 Å². The second-order valence-corrected chi connectivity index (χ2v) is 10.3. The van der Waals surface area contributed by atoms with Crippen molar-refractivity contribution in [3.8, 4) is 0 Å². The second-order valence-electron chi connectivity index (χ2n) is 9.21. The Morgan fingerprint density at radius 3 is 2.35 bits per heavy atom. The highest BCUT2D eigenvalue weighted by molar-refractivity contribution is 9.09. The molecule has 6 atom stereocenters. The average molecular weight is 387 g/mol. The standard InChI is InChI=1S/C20H35BrO2/c1-14(15-8-11-19(4,22)12-9-15)6-7-16-18(2,3)17(21)10-13-20(16,5)23/h8,11,14-17,22-23H,6-7,9-10,12-13H2,1-5H3/t14-,15+,16+,17+,19+,20-/m0/s1. The van der Waals surface area contributed by atoms with E-state index in [4.69, 9.17) is 0 Å². The molecule has 2 aliphatic rings. The lowest BCUT2D eigenvalue weighted by Crippen LogP contribution is -2.51. The molecule has 2 nitrogen and oxygen atoms in total. The van der Waals surface area contributed by atoms with Crippen molar-refractivity contribution in [1.29, 1.82) is 0 Å². The Morgan fingerprint density at radius 1 is 1.13 bits per heavy atom. The summed E-state index contributed by atoms with van der Waals surface area (Å²) in [6.45, 7) is 10.8. The molecule has 134 valence electrons. The van der Waals surface area contributed by atoms with E-state index in [0.29, 0.717) is 22.6 Å². The lowest BCUT2D eigenvalue weighted by atomic mass is 9.60. The summed E-state index contributed by atoms with van der Waals surface area (Å²) in [7, 11) is 0. The van der Waals surface area contributed by atoms with Gasteiger partial charge < -0.3 is 10.2 Å². The van der Waals surface area contributed by atoms with Crippen LogP contribution in [0.4, 0.5) is 0 Å². The van der Waals surface area contributed by atoms with E-state index in [9.17, 15) is 10.2 Å². The monoisotopic (exact) mass is 386 g/mol. The van der Waals surface area contributed by atoms with Crippen LogP contribution < -0.4 is 0 Å². The van der Waals surface area contributed by atoms with Gasteiger partial charge in [0.05, 0.1) is 11.2 Å². The highest BCUT2D eigenvalue weighted by Crippen LogP contribution is 2.51. The number of allylic oxidation sites excluding steroid dienone is 1. The first kappa shape index (κ1) is 19.5. The lowest BCUT2D eigenvalue weighted by Gasteiger charge is -2.51. The van der Waals surface area contributed by atoms with Gasteiger partial charge in [-0.15, -0.1) is 0 Å². The first-order chi connectivity index (χ1) is 10.5. The SMILES string of the molecule is C[C@@H](CC[C@@H]1C(C)(C)[C@H](Br)CC[C@]1(C)O)[C@@H]1C=C[C@@](C)(O)CC1. The quantitative estimate of drug-likeness (QED) is 0.522. The Labute approximate surface area is 150 Å². The fraction of sp³-hybridized carbons (Fsp3) is 0.900. The molecule has 0 aromatic heterocycles. The fourth-order valence-electron chi connectivity index (χ4n) is 4.76. The number of hydrogen-bond acceptors (Lipinski definition) is 2. The molecule has 23 heavy (non-hydrogen) atoms. The minimum Gasteiger partial charge on any atom is -0.390 e. The molecule has 0 aliphatic heterocycles. The van der Waals surface area contributed by atoms with E-state index in [1.54, 1.807) is 0 Å². The molecule has 0 aromatic rings. The third-order valence-electron chi connectivity index (χ3n) is 6.69. The molecule has 2 aliphatic carbocycles. The molecule has 0 unspecified atom stereocenters. The molecule has 0 bridgehead atoms. The predicted octanol–water partition coefficient (Wildman–Crippen LogP) is 5.07. The van der Waals surface area contributed by atoms with Crippen LogP contribution in [0.5, 0.6) is 0 Å². The maximum Gasteiger partial charge on any atom is 0.0800 e. The van der Waals surface area contributed by atoms with Crippen LogP contribution in [0.3, 0.4) is 0 Å². The van der Waals surface area contributed by atoms with Gasteiger partial charge in [0.2, 0.25) is 0 Å². The van der Waals surface area contributed by atoms with Crippen LogP contribution in [-0.4, -0.2) is 26.2 Å². The van der Waals surface area contributed by atoms with Gasteiger partial charge in [-0.25, -0.2) is 0 Å². The molecule has 0 heterocycles. The number of hydrogen-bond donors (Lipinski definition) is 2.